The van der Waals surface area contributed by atoms with E-state index in [2.05, 4.69) is 5.32 Å². The first-order valence-corrected chi connectivity index (χ1v) is 7.78. The van der Waals surface area contributed by atoms with Crippen LogP contribution in [-0.2, 0) is 4.74 Å². The van der Waals surface area contributed by atoms with Gasteiger partial charge in [0.25, 0.3) is 5.69 Å². The Hall–Kier alpha value is -2.15. The van der Waals surface area contributed by atoms with Crippen molar-refractivity contribution in [1.29, 1.82) is 0 Å². The highest BCUT2D eigenvalue weighted by molar-refractivity contribution is 5.75. The van der Waals surface area contributed by atoms with E-state index in [1.54, 1.807) is 17.0 Å². The highest BCUT2D eigenvalue weighted by Crippen LogP contribution is 2.22. The lowest BCUT2D eigenvalue weighted by Gasteiger charge is -2.40. The molecule has 7 nitrogen and oxygen atoms in total. The molecule has 1 aliphatic rings. The summed E-state index contributed by atoms with van der Waals surface area (Å²) in [5, 5.41) is 13.7. The summed E-state index contributed by atoms with van der Waals surface area (Å²) in [6.07, 6.45) is 0.831. The van der Waals surface area contributed by atoms with Crippen molar-refractivity contribution in [2.75, 3.05) is 19.7 Å². The van der Waals surface area contributed by atoms with Crippen molar-refractivity contribution < 1.29 is 14.5 Å². The van der Waals surface area contributed by atoms with Crippen molar-refractivity contribution in [2.45, 2.75) is 38.8 Å². The average molecular weight is 321 g/mol. The van der Waals surface area contributed by atoms with Crippen molar-refractivity contribution in [3.05, 3.63) is 39.9 Å². The number of urea groups is 1. The first-order valence-electron chi connectivity index (χ1n) is 7.78. The second-order valence-corrected chi connectivity index (χ2v) is 6.10. The van der Waals surface area contributed by atoms with Gasteiger partial charge in [0.2, 0.25) is 0 Å². The van der Waals surface area contributed by atoms with E-state index in [9.17, 15) is 14.9 Å². The number of carbonyl (C=O) groups excluding carboxylic acids is 1. The van der Waals surface area contributed by atoms with Gasteiger partial charge in [-0.05, 0) is 25.8 Å². The first kappa shape index (κ1) is 17.2. The van der Waals surface area contributed by atoms with E-state index in [-0.39, 0.29) is 23.4 Å². The lowest BCUT2D eigenvalue weighted by molar-refractivity contribution is -0.384. The molecule has 0 saturated carbocycles. The van der Waals surface area contributed by atoms with E-state index in [0.29, 0.717) is 25.3 Å². The van der Waals surface area contributed by atoms with Crippen LogP contribution in [-0.4, -0.2) is 41.2 Å². The average Bonchev–Trinajstić information content (AvgIpc) is 2.55. The van der Waals surface area contributed by atoms with Gasteiger partial charge in [-0.1, -0.05) is 19.1 Å². The van der Waals surface area contributed by atoms with Gasteiger partial charge in [0.15, 0.2) is 0 Å². The van der Waals surface area contributed by atoms with E-state index in [1.165, 1.54) is 12.1 Å². The van der Waals surface area contributed by atoms with E-state index in [1.807, 2.05) is 20.8 Å². The van der Waals surface area contributed by atoms with Crippen LogP contribution in [0.3, 0.4) is 0 Å². The molecule has 1 N–H and O–H groups in total. The maximum absolute atomic E-state index is 12.4. The van der Waals surface area contributed by atoms with E-state index in [4.69, 9.17) is 4.74 Å². The number of nitrogens with zero attached hydrogens (tertiary/aromatic N) is 2. The molecule has 0 spiro atoms. The largest absolute Gasteiger partial charge is 0.372 e. The summed E-state index contributed by atoms with van der Waals surface area (Å²) >= 11 is 0. The number of nitro groups is 1. The molecule has 126 valence electrons. The number of hydrogen-bond acceptors (Lipinski definition) is 4. The van der Waals surface area contributed by atoms with Crippen LogP contribution < -0.4 is 5.32 Å². The topological polar surface area (TPSA) is 84.7 Å². The van der Waals surface area contributed by atoms with Crippen LogP contribution in [0.5, 0.6) is 0 Å². The zero-order valence-corrected chi connectivity index (χ0v) is 13.7. The van der Waals surface area contributed by atoms with Crippen molar-refractivity contribution in [3.63, 3.8) is 0 Å². The van der Waals surface area contributed by atoms with Gasteiger partial charge in [0, 0.05) is 18.7 Å². The van der Waals surface area contributed by atoms with E-state index < -0.39 is 4.92 Å². The molecule has 1 fully saturated rings. The number of benzene rings is 1. The lowest BCUT2D eigenvalue weighted by atomic mass is 10.0. The molecule has 2 rings (SSSR count). The van der Waals surface area contributed by atoms with Crippen molar-refractivity contribution >= 4 is 11.7 Å². The minimum absolute atomic E-state index is 0.0218. The minimum Gasteiger partial charge on any atom is -0.372 e. The number of morpholine rings is 1. The highest BCUT2D eigenvalue weighted by Gasteiger charge is 2.33. The molecule has 2 amide bonds. The van der Waals surface area contributed by atoms with Crippen LogP contribution in [0.15, 0.2) is 24.3 Å². The summed E-state index contributed by atoms with van der Waals surface area (Å²) in [5.41, 5.74) is 0.414. The highest BCUT2D eigenvalue weighted by atomic mass is 16.6. The Kier molecular flexibility index (Phi) is 5.20. The molecule has 0 unspecified atom stereocenters. The number of nitrogens with one attached hydrogen (secondary N) is 1. The molecule has 1 saturated heterocycles. The predicted molar refractivity (Wildman–Crippen MR) is 86.3 cm³/mol. The zero-order chi connectivity index (χ0) is 17.0. The Morgan fingerprint density at radius 3 is 2.96 bits per heavy atom. The Morgan fingerprint density at radius 1 is 1.57 bits per heavy atom. The van der Waals surface area contributed by atoms with Crippen LogP contribution in [0.2, 0.25) is 0 Å². The zero-order valence-electron chi connectivity index (χ0n) is 13.7. The molecular formula is C16H23N3O4. The maximum Gasteiger partial charge on any atom is 0.318 e. The van der Waals surface area contributed by atoms with Gasteiger partial charge in [0.05, 0.1) is 29.7 Å². The smallest absolute Gasteiger partial charge is 0.318 e. The molecule has 1 aliphatic heterocycles. The molecule has 0 aromatic heterocycles. The monoisotopic (exact) mass is 321 g/mol. The maximum atomic E-state index is 12.4. The van der Waals surface area contributed by atoms with Crippen LogP contribution in [0.4, 0.5) is 10.5 Å². The third-order valence-electron chi connectivity index (χ3n) is 4.29. The van der Waals surface area contributed by atoms with Crippen molar-refractivity contribution in [1.82, 2.24) is 10.2 Å². The third-order valence-corrected chi connectivity index (χ3v) is 4.29. The summed E-state index contributed by atoms with van der Waals surface area (Å²) in [6.45, 7) is 7.45. The van der Waals surface area contributed by atoms with Crippen LogP contribution in [0, 0.1) is 10.1 Å². The van der Waals surface area contributed by atoms with Crippen LogP contribution in [0.25, 0.3) is 0 Å². The Bertz CT molecular complexity index is 592. The summed E-state index contributed by atoms with van der Waals surface area (Å²) in [6, 6.07) is 5.84. The lowest BCUT2D eigenvalue weighted by Crippen LogP contribution is -2.54. The minimum atomic E-state index is -0.438. The molecule has 23 heavy (non-hydrogen) atoms. The van der Waals surface area contributed by atoms with Crippen molar-refractivity contribution in [2.24, 2.45) is 0 Å². The number of hydrogen-bond donors (Lipinski definition) is 1. The number of rotatable bonds is 4. The fraction of sp³-hybridized carbons (Fsp3) is 0.562. The molecule has 1 aromatic rings. The van der Waals surface area contributed by atoms with Gasteiger partial charge in [-0.25, -0.2) is 4.79 Å². The first-order chi connectivity index (χ1) is 10.8. The Morgan fingerprint density at radius 2 is 2.30 bits per heavy atom. The van der Waals surface area contributed by atoms with Gasteiger partial charge < -0.3 is 15.0 Å². The van der Waals surface area contributed by atoms with Crippen molar-refractivity contribution in [3.8, 4) is 0 Å². The molecular weight excluding hydrogens is 298 g/mol. The molecule has 0 bridgehead atoms. The van der Waals surface area contributed by atoms with E-state index >= 15 is 0 Å². The quantitative estimate of drug-likeness (QED) is 0.682. The molecule has 2 atom stereocenters. The fourth-order valence-corrected chi connectivity index (χ4v) is 2.59. The molecule has 1 aromatic carbocycles. The number of amides is 2. The Labute approximate surface area is 135 Å². The van der Waals surface area contributed by atoms with Gasteiger partial charge in [-0.2, -0.15) is 0 Å². The van der Waals surface area contributed by atoms with Gasteiger partial charge in [-0.3, -0.25) is 10.1 Å². The van der Waals surface area contributed by atoms with Crippen LogP contribution in [0.1, 0.15) is 38.8 Å². The standard InChI is InChI=1S/C16H23N3O4/c1-4-16(3)11-18(8-9-23-16)15(20)17-12(2)13-6-5-7-14(10-13)19(21)22/h5-7,10,12H,4,8-9,11H2,1-3H3,(H,17,20)/t12-,16-/m0/s1. The van der Waals surface area contributed by atoms with Crippen LogP contribution >= 0.6 is 0 Å². The molecule has 1 heterocycles. The number of carbonyl (C=O) groups is 1. The molecule has 7 heteroatoms. The summed E-state index contributed by atoms with van der Waals surface area (Å²) < 4.78 is 5.73. The fourth-order valence-electron chi connectivity index (χ4n) is 2.59. The third kappa shape index (κ3) is 4.19. The summed E-state index contributed by atoms with van der Waals surface area (Å²) in [5.74, 6) is 0. The second kappa shape index (κ2) is 6.95. The summed E-state index contributed by atoms with van der Waals surface area (Å²) in [4.78, 5) is 24.6. The number of ether oxygens (including phenoxy) is 1. The summed E-state index contributed by atoms with van der Waals surface area (Å²) in [7, 11) is 0. The SMILES string of the molecule is CC[C@@]1(C)CN(C(=O)N[C@@H](C)c2cccc([N+](=O)[O-])c2)CCO1. The normalized spacial score (nSPS) is 22.5. The number of nitro benzene ring substituents is 1. The van der Waals surface area contributed by atoms with Gasteiger partial charge in [0.1, 0.15) is 0 Å². The second-order valence-electron chi connectivity index (χ2n) is 6.10. The van der Waals surface area contributed by atoms with E-state index in [0.717, 1.165) is 6.42 Å². The molecule has 0 radical (unpaired) electrons. The van der Waals surface area contributed by atoms with Gasteiger partial charge in [-0.15, -0.1) is 0 Å². The number of non-ortho nitro benzene ring substituents is 1. The predicted octanol–water partition coefficient (Wildman–Crippen LogP) is 2.87. The van der Waals surface area contributed by atoms with Gasteiger partial charge >= 0.3 is 6.03 Å². The molecule has 0 aliphatic carbocycles. The Balaban J connectivity index is 2.02.